The van der Waals surface area contributed by atoms with Crippen LogP contribution in [0.5, 0.6) is 0 Å². The number of rotatable bonds is 6. The van der Waals surface area contributed by atoms with Crippen LogP contribution in [0.25, 0.3) is 0 Å². The van der Waals surface area contributed by atoms with E-state index in [1.165, 1.54) is 18.3 Å². The Bertz CT molecular complexity index is 711. The molecule has 1 heterocycles. The van der Waals surface area contributed by atoms with Crippen molar-refractivity contribution < 1.29 is 13.9 Å². The van der Waals surface area contributed by atoms with Gasteiger partial charge in [0, 0.05) is 0 Å². The van der Waals surface area contributed by atoms with Crippen LogP contribution in [-0.2, 0) is 11.2 Å². The fraction of sp³-hybridized carbons (Fsp3) is 0.200. The molecule has 0 radical (unpaired) electrons. The van der Waals surface area contributed by atoms with Gasteiger partial charge >= 0.3 is 0 Å². The van der Waals surface area contributed by atoms with Gasteiger partial charge in [0.05, 0.1) is 18.4 Å². The van der Waals surface area contributed by atoms with Crippen LogP contribution in [0.3, 0.4) is 0 Å². The van der Waals surface area contributed by atoms with Gasteiger partial charge in [-0.15, -0.1) is 5.10 Å². The van der Waals surface area contributed by atoms with E-state index in [-0.39, 0.29) is 35.6 Å². The first-order valence-corrected chi connectivity index (χ1v) is 7.13. The first-order chi connectivity index (χ1) is 11.1. The summed E-state index contributed by atoms with van der Waals surface area (Å²) in [6.45, 7) is 0.132. The molecule has 8 heteroatoms. The summed E-state index contributed by atoms with van der Waals surface area (Å²) in [5.74, 6) is -0.983. The predicted octanol–water partition coefficient (Wildman–Crippen LogP) is 2.24. The molecule has 0 aliphatic heterocycles. The number of amides is 1. The highest BCUT2D eigenvalue weighted by Gasteiger charge is 2.12. The number of carbonyl (C=O) groups excluding carboxylic acids is 1. The number of carbonyl (C=O) groups is 1. The molecule has 1 aromatic carbocycles. The zero-order chi connectivity index (χ0) is 16.7. The Morgan fingerprint density at radius 1 is 1.35 bits per heavy atom. The summed E-state index contributed by atoms with van der Waals surface area (Å²) in [5, 5.41) is 17.0. The summed E-state index contributed by atoms with van der Waals surface area (Å²) in [7, 11) is 0. The van der Waals surface area contributed by atoms with E-state index in [2.05, 4.69) is 15.5 Å². The molecule has 0 spiro atoms. The second-order valence-corrected chi connectivity index (χ2v) is 4.92. The van der Waals surface area contributed by atoms with E-state index in [0.717, 1.165) is 0 Å². The lowest BCUT2D eigenvalue weighted by atomic mass is 10.1. The zero-order valence-electron chi connectivity index (χ0n) is 12.1. The minimum Gasteiger partial charge on any atom is -0.373 e. The SMILES string of the molecule is N=C(COCCc1ccccc1F)NC(=O)c1ccnnc1Cl. The number of hydrogen-bond donors (Lipinski definition) is 2. The Hall–Kier alpha value is -2.38. The second kappa shape index (κ2) is 8.30. The predicted molar refractivity (Wildman–Crippen MR) is 83.2 cm³/mol. The van der Waals surface area contributed by atoms with Gasteiger partial charge in [0.25, 0.3) is 5.91 Å². The highest BCUT2D eigenvalue weighted by atomic mass is 35.5. The first-order valence-electron chi connectivity index (χ1n) is 6.75. The van der Waals surface area contributed by atoms with Crippen molar-refractivity contribution in [2.45, 2.75) is 6.42 Å². The molecule has 0 bridgehead atoms. The Labute approximate surface area is 137 Å². The number of nitrogens with zero attached hydrogens (tertiary/aromatic N) is 2. The summed E-state index contributed by atoms with van der Waals surface area (Å²) < 4.78 is 18.6. The van der Waals surface area contributed by atoms with Crippen molar-refractivity contribution >= 4 is 23.3 Å². The van der Waals surface area contributed by atoms with E-state index >= 15 is 0 Å². The third-order valence-electron chi connectivity index (χ3n) is 2.90. The molecule has 0 aliphatic rings. The van der Waals surface area contributed by atoms with Crippen LogP contribution in [0.1, 0.15) is 15.9 Å². The average molecular weight is 337 g/mol. The quantitative estimate of drug-likeness (QED) is 0.481. The maximum Gasteiger partial charge on any atom is 0.259 e. The van der Waals surface area contributed by atoms with Crippen molar-refractivity contribution in [3.63, 3.8) is 0 Å². The minimum absolute atomic E-state index is 0.0433. The maximum absolute atomic E-state index is 13.4. The van der Waals surface area contributed by atoms with Gasteiger partial charge < -0.3 is 10.1 Å². The first kappa shape index (κ1) is 17.0. The van der Waals surface area contributed by atoms with Crippen LogP contribution in [0.4, 0.5) is 4.39 Å². The van der Waals surface area contributed by atoms with E-state index < -0.39 is 5.91 Å². The lowest BCUT2D eigenvalue weighted by molar-refractivity contribution is 0.0970. The number of halogens is 2. The van der Waals surface area contributed by atoms with Crippen molar-refractivity contribution in [3.8, 4) is 0 Å². The molecular weight excluding hydrogens is 323 g/mol. The number of nitrogens with one attached hydrogen (secondary N) is 2. The smallest absolute Gasteiger partial charge is 0.259 e. The molecule has 0 atom stereocenters. The molecule has 0 unspecified atom stereocenters. The molecule has 23 heavy (non-hydrogen) atoms. The van der Waals surface area contributed by atoms with Crippen molar-refractivity contribution in [3.05, 3.63) is 58.6 Å². The van der Waals surface area contributed by atoms with Gasteiger partial charge in [-0.3, -0.25) is 10.2 Å². The van der Waals surface area contributed by atoms with E-state index in [1.807, 2.05) is 0 Å². The molecule has 1 amide bonds. The Morgan fingerprint density at radius 3 is 2.87 bits per heavy atom. The van der Waals surface area contributed by atoms with Crippen molar-refractivity contribution in [2.24, 2.45) is 0 Å². The second-order valence-electron chi connectivity index (χ2n) is 4.56. The third kappa shape index (κ3) is 5.08. The van der Waals surface area contributed by atoms with Crippen LogP contribution in [0.2, 0.25) is 5.15 Å². The molecular formula is C15H14ClFN4O2. The number of benzene rings is 1. The van der Waals surface area contributed by atoms with Gasteiger partial charge in [0.2, 0.25) is 0 Å². The van der Waals surface area contributed by atoms with Gasteiger partial charge in [-0.2, -0.15) is 5.10 Å². The van der Waals surface area contributed by atoms with Crippen LogP contribution in [0.15, 0.2) is 36.5 Å². The number of amidine groups is 1. The van der Waals surface area contributed by atoms with Gasteiger partial charge in [0.1, 0.15) is 18.3 Å². The normalized spacial score (nSPS) is 10.3. The van der Waals surface area contributed by atoms with Gasteiger partial charge in [-0.1, -0.05) is 29.8 Å². The summed E-state index contributed by atoms with van der Waals surface area (Å²) in [6.07, 6.45) is 1.71. The van der Waals surface area contributed by atoms with E-state index in [0.29, 0.717) is 12.0 Å². The molecule has 2 N–H and O–H groups in total. The Balaban J connectivity index is 1.74. The van der Waals surface area contributed by atoms with Crippen molar-refractivity contribution in [1.82, 2.24) is 15.5 Å². The third-order valence-corrected chi connectivity index (χ3v) is 3.18. The number of ether oxygens (including phenoxy) is 1. The minimum atomic E-state index is -0.562. The lowest BCUT2D eigenvalue weighted by Crippen LogP contribution is -2.33. The molecule has 0 saturated carbocycles. The lowest BCUT2D eigenvalue weighted by Gasteiger charge is -2.08. The number of aromatic nitrogens is 2. The summed E-state index contributed by atoms with van der Waals surface area (Å²) >= 11 is 5.74. The van der Waals surface area contributed by atoms with E-state index in [4.69, 9.17) is 21.7 Å². The van der Waals surface area contributed by atoms with Crippen molar-refractivity contribution in [2.75, 3.05) is 13.2 Å². The molecule has 2 aromatic rings. The van der Waals surface area contributed by atoms with Gasteiger partial charge in [-0.05, 0) is 24.1 Å². The summed E-state index contributed by atoms with van der Waals surface area (Å²) in [4.78, 5) is 11.9. The molecule has 2 rings (SSSR count). The number of hydrogen-bond acceptors (Lipinski definition) is 5. The largest absolute Gasteiger partial charge is 0.373 e. The van der Waals surface area contributed by atoms with Crippen LogP contribution < -0.4 is 5.32 Å². The highest BCUT2D eigenvalue weighted by molar-refractivity contribution is 6.32. The molecule has 6 nitrogen and oxygen atoms in total. The van der Waals surface area contributed by atoms with E-state index in [1.54, 1.807) is 18.2 Å². The molecule has 0 fully saturated rings. The van der Waals surface area contributed by atoms with Crippen LogP contribution in [0, 0.1) is 11.2 Å². The molecule has 0 aliphatic carbocycles. The standard InChI is InChI=1S/C15H14ClFN4O2/c16-14-11(5-7-19-21-14)15(22)20-13(18)9-23-8-6-10-3-1-2-4-12(10)17/h1-5,7H,6,8-9H2,(H2,18,20,22). The Kier molecular flexibility index (Phi) is 6.13. The Morgan fingerprint density at radius 2 is 2.13 bits per heavy atom. The highest BCUT2D eigenvalue weighted by Crippen LogP contribution is 2.09. The molecule has 0 saturated heterocycles. The molecule has 1 aromatic heterocycles. The van der Waals surface area contributed by atoms with Gasteiger partial charge in [0.15, 0.2) is 5.15 Å². The van der Waals surface area contributed by atoms with Crippen LogP contribution in [-0.4, -0.2) is 35.2 Å². The zero-order valence-corrected chi connectivity index (χ0v) is 12.8. The summed E-state index contributed by atoms with van der Waals surface area (Å²) in [5.41, 5.74) is 0.662. The fourth-order valence-corrected chi connectivity index (χ4v) is 1.97. The topological polar surface area (TPSA) is 88.0 Å². The molecule has 120 valence electrons. The van der Waals surface area contributed by atoms with E-state index in [9.17, 15) is 9.18 Å². The fourth-order valence-electron chi connectivity index (χ4n) is 1.78. The monoisotopic (exact) mass is 336 g/mol. The van der Waals surface area contributed by atoms with Crippen molar-refractivity contribution in [1.29, 1.82) is 5.41 Å². The average Bonchev–Trinajstić information content (AvgIpc) is 2.53. The summed E-state index contributed by atoms with van der Waals surface area (Å²) in [6, 6.07) is 7.81. The van der Waals surface area contributed by atoms with Gasteiger partial charge in [-0.25, -0.2) is 4.39 Å². The van der Waals surface area contributed by atoms with Crippen LogP contribution >= 0.6 is 11.6 Å². The maximum atomic E-state index is 13.4.